The van der Waals surface area contributed by atoms with Crippen molar-refractivity contribution in [1.82, 2.24) is 4.98 Å². The first-order valence-electron chi connectivity index (χ1n) is 3.40. The number of hydrogen-bond acceptors (Lipinski definition) is 3. The second-order valence-electron chi connectivity index (χ2n) is 2.56. The van der Waals surface area contributed by atoms with E-state index in [1.54, 1.807) is 0 Å². The fourth-order valence-electron chi connectivity index (χ4n) is 1.13. The van der Waals surface area contributed by atoms with E-state index < -0.39 is 0 Å². The van der Waals surface area contributed by atoms with Crippen molar-refractivity contribution in [2.24, 2.45) is 0 Å². The van der Waals surface area contributed by atoms with E-state index in [-0.39, 0.29) is 17.2 Å². The van der Waals surface area contributed by atoms with Crippen LogP contribution in [0.5, 0.6) is 17.2 Å². The smallest absolute Gasteiger partial charge is 0.159 e. The largest absolute Gasteiger partial charge is 0.506 e. The molecule has 4 heteroatoms. The molecule has 0 aliphatic carbocycles. The van der Waals surface area contributed by atoms with Crippen molar-refractivity contribution in [2.75, 3.05) is 0 Å². The molecule has 4 N–H and O–H groups in total. The molecule has 0 spiro atoms. The molecule has 0 aliphatic rings. The average Bonchev–Trinajstić information content (AvgIpc) is 2.35. The van der Waals surface area contributed by atoms with Gasteiger partial charge in [0.1, 0.15) is 5.75 Å². The number of phenols is 2. The lowest BCUT2D eigenvalue weighted by Crippen LogP contribution is -1.70. The number of aromatic amines is 1. The highest BCUT2D eigenvalue weighted by Crippen LogP contribution is 2.33. The Kier molecular flexibility index (Phi) is 1.18. The SMILES string of the molecule is Oc1cc2[nH]cc(O)c2cc1O. The molecule has 12 heavy (non-hydrogen) atoms. The Morgan fingerprint density at radius 3 is 2.33 bits per heavy atom. The molecule has 4 nitrogen and oxygen atoms in total. The van der Waals surface area contributed by atoms with Crippen LogP contribution in [-0.4, -0.2) is 20.3 Å². The quantitative estimate of drug-likeness (QED) is 0.444. The number of nitrogens with one attached hydrogen (secondary N) is 1. The molecule has 0 saturated carbocycles. The van der Waals surface area contributed by atoms with Crippen LogP contribution in [0.2, 0.25) is 0 Å². The van der Waals surface area contributed by atoms with E-state index in [1.807, 2.05) is 0 Å². The van der Waals surface area contributed by atoms with Gasteiger partial charge in [-0.3, -0.25) is 0 Å². The van der Waals surface area contributed by atoms with Crippen molar-refractivity contribution < 1.29 is 15.3 Å². The third-order valence-corrected chi connectivity index (χ3v) is 1.76. The molecule has 0 atom stereocenters. The first-order valence-corrected chi connectivity index (χ1v) is 3.40. The molecule has 0 bridgehead atoms. The molecule has 2 rings (SSSR count). The van der Waals surface area contributed by atoms with E-state index >= 15 is 0 Å². The zero-order valence-corrected chi connectivity index (χ0v) is 6.07. The Bertz CT molecular complexity index is 433. The van der Waals surface area contributed by atoms with E-state index in [0.29, 0.717) is 10.9 Å². The lowest BCUT2D eigenvalue weighted by molar-refractivity contribution is 0.404. The van der Waals surface area contributed by atoms with Crippen LogP contribution < -0.4 is 0 Å². The third kappa shape index (κ3) is 0.780. The maximum Gasteiger partial charge on any atom is 0.159 e. The lowest BCUT2D eigenvalue weighted by Gasteiger charge is -1.96. The highest BCUT2D eigenvalue weighted by Gasteiger charge is 2.06. The van der Waals surface area contributed by atoms with E-state index in [4.69, 9.17) is 10.2 Å². The Hall–Kier alpha value is -1.84. The van der Waals surface area contributed by atoms with E-state index in [0.717, 1.165) is 0 Å². The minimum atomic E-state index is -0.239. The Morgan fingerprint density at radius 2 is 1.58 bits per heavy atom. The minimum Gasteiger partial charge on any atom is -0.506 e. The molecule has 1 aromatic carbocycles. The molecule has 0 radical (unpaired) electrons. The molecule has 1 aromatic heterocycles. The summed E-state index contributed by atoms with van der Waals surface area (Å²) in [6, 6.07) is 2.65. The zero-order valence-electron chi connectivity index (χ0n) is 6.07. The van der Waals surface area contributed by atoms with Crippen LogP contribution in [-0.2, 0) is 0 Å². The summed E-state index contributed by atoms with van der Waals surface area (Å²) in [6.45, 7) is 0. The number of benzene rings is 1. The summed E-state index contributed by atoms with van der Waals surface area (Å²) in [5, 5.41) is 27.9. The summed E-state index contributed by atoms with van der Waals surface area (Å²) in [5.74, 6) is -0.387. The molecular formula is C8H7NO3. The summed E-state index contributed by atoms with van der Waals surface area (Å²) < 4.78 is 0. The van der Waals surface area contributed by atoms with Gasteiger partial charge >= 0.3 is 0 Å². The maximum atomic E-state index is 9.20. The highest BCUT2D eigenvalue weighted by molar-refractivity contribution is 5.88. The molecule has 0 saturated heterocycles. The van der Waals surface area contributed by atoms with Gasteiger partial charge in [0.05, 0.1) is 5.52 Å². The minimum absolute atomic E-state index is 0.0558. The monoisotopic (exact) mass is 165 g/mol. The second kappa shape index (κ2) is 2.07. The van der Waals surface area contributed by atoms with Gasteiger partial charge < -0.3 is 20.3 Å². The van der Waals surface area contributed by atoms with Crippen molar-refractivity contribution in [1.29, 1.82) is 0 Å². The van der Waals surface area contributed by atoms with Gasteiger partial charge in [-0.1, -0.05) is 0 Å². The highest BCUT2D eigenvalue weighted by atomic mass is 16.3. The molecule has 0 unspecified atom stereocenters. The number of aromatic hydroxyl groups is 3. The van der Waals surface area contributed by atoms with Crippen molar-refractivity contribution in [3.8, 4) is 17.2 Å². The number of fused-ring (bicyclic) bond motifs is 1. The Balaban J connectivity index is 2.87. The molecule has 2 aromatic rings. The van der Waals surface area contributed by atoms with Crippen LogP contribution in [0.3, 0.4) is 0 Å². The van der Waals surface area contributed by atoms with Gasteiger partial charge in [0.25, 0.3) is 0 Å². The second-order valence-corrected chi connectivity index (χ2v) is 2.56. The van der Waals surface area contributed by atoms with Crippen molar-refractivity contribution in [3.63, 3.8) is 0 Å². The molecule has 0 aliphatic heterocycles. The fourth-order valence-corrected chi connectivity index (χ4v) is 1.13. The summed E-state index contributed by atoms with van der Waals surface area (Å²) in [6.07, 6.45) is 1.39. The topological polar surface area (TPSA) is 76.5 Å². The number of phenolic OH excluding ortho intramolecular Hbond substituents is 2. The predicted molar refractivity (Wildman–Crippen MR) is 43.3 cm³/mol. The van der Waals surface area contributed by atoms with Crippen molar-refractivity contribution in [2.45, 2.75) is 0 Å². The van der Waals surface area contributed by atoms with Crippen LogP contribution >= 0.6 is 0 Å². The first-order chi connectivity index (χ1) is 5.68. The van der Waals surface area contributed by atoms with Gasteiger partial charge in [-0.15, -0.1) is 0 Å². The van der Waals surface area contributed by atoms with Crippen LogP contribution in [0.4, 0.5) is 0 Å². The summed E-state index contributed by atoms with van der Waals surface area (Å²) in [5.41, 5.74) is 0.586. The molecular weight excluding hydrogens is 158 g/mol. The number of H-pyrrole nitrogens is 1. The summed E-state index contributed by atoms with van der Waals surface area (Å²) >= 11 is 0. The van der Waals surface area contributed by atoms with Crippen molar-refractivity contribution >= 4 is 10.9 Å². The van der Waals surface area contributed by atoms with Crippen LogP contribution in [0.15, 0.2) is 18.3 Å². The van der Waals surface area contributed by atoms with Gasteiger partial charge in [0, 0.05) is 17.6 Å². The number of rotatable bonds is 0. The van der Waals surface area contributed by atoms with E-state index in [9.17, 15) is 5.11 Å². The lowest BCUT2D eigenvalue weighted by atomic mass is 10.2. The average molecular weight is 165 g/mol. The maximum absolute atomic E-state index is 9.20. The number of aromatic nitrogens is 1. The predicted octanol–water partition coefficient (Wildman–Crippen LogP) is 1.28. The molecule has 1 heterocycles. The molecule has 62 valence electrons. The summed E-state index contributed by atoms with van der Waals surface area (Å²) in [4.78, 5) is 2.73. The fraction of sp³-hybridized carbons (Fsp3) is 0. The van der Waals surface area contributed by atoms with E-state index in [2.05, 4.69) is 4.98 Å². The van der Waals surface area contributed by atoms with Gasteiger partial charge in [-0.2, -0.15) is 0 Å². The van der Waals surface area contributed by atoms with Crippen LogP contribution in [0.1, 0.15) is 0 Å². The third-order valence-electron chi connectivity index (χ3n) is 1.76. The number of hydrogen-bond donors (Lipinski definition) is 4. The van der Waals surface area contributed by atoms with Crippen LogP contribution in [0.25, 0.3) is 10.9 Å². The van der Waals surface area contributed by atoms with Crippen LogP contribution in [0, 0.1) is 0 Å². The van der Waals surface area contributed by atoms with Gasteiger partial charge in [0.15, 0.2) is 11.5 Å². The first kappa shape index (κ1) is 6.84. The van der Waals surface area contributed by atoms with Crippen molar-refractivity contribution in [3.05, 3.63) is 18.3 Å². The van der Waals surface area contributed by atoms with Gasteiger partial charge in [-0.25, -0.2) is 0 Å². The Labute approximate surface area is 67.7 Å². The Morgan fingerprint density at radius 1 is 0.917 bits per heavy atom. The van der Waals surface area contributed by atoms with Gasteiger partial charge in [0.2, 0.25) is 0 Å². The van der Waals surface area contributed by atoms with Gasteiger partial charge in [-0.05, 0) is 6.07 Å². The zero-order chi connectivity index (χ0) is 8.72. The standard InChI is InChI=1S/C8H7NO3/c10-6-1-4-5(2-7(6)11)9-3-8(4)12/h1-3,9-12H. The summed E-state index contributed by atoms with van der Waals surface area (Å²) in [7, 11) is 0. The molecule has 0 amide bonds. The van der Waals surface area contributed by atoms with E-state index in [1.165, 1.54) is 18.3 Å². The molecule has 0 fully saturated rings. The normalized spacial score (nSPS) is 10.7.